The molecular formula is C19H31N3O2. The van der Waals surface area contributed by atoms with Gasteiger partial charge in [0.1, 0.15) is 0 Å². The summed E-state index contributed by atoms with van der Waals surface area (Å²) in [4.78, 5) is 14.2. The first-order valence-corrected chi connectivity index (χ1v) is 9.05. The standard InChI is InChI=1S/C19H31N3O2/c1-15-7-10-22(11-8-15)18-5-3-17(4-6-18)14-21-19(24)20-13-16(2)9-12-23/h3-6,15-16,23H,7-14H2,1-2H3,(H2,20,21,24). The van der Waals surface area contributed by atoms with E-state index >= 15 is 0 Å². The fourth-order valence-electron chi connectivity index (χ4n) is 2.93. The summed E-state index contributed by atoms with van der Waals surface area (Å²) in [7, 11) is 0. The van der Waals surface area contributed by atoms with Crippen LogP contribution in [-0.4, -0.2) is 37.4 Å². The van der Waals surface area contributed by atoms with E-state index in [9.17, 15) is 4.79 Å². The molecule has 1 unspecified atom stereocenters. The lowest BCUT2D eigenvalue weighted by Crippen LogP contribution is -2.37. The van der Waals surface area contributed by atoms with E-state index in [1.54, 1.807) is 0 Å². The highest BCUT2D eigenvalue weighted by Gasteiger charge is 2.15. The van der Waals surface area contributed by atoms with E-state index < -0.39 is 0 Å². The first-order valence-electron chi connectivity index (χ1n) is 9.05. The molecule has 1 aliphatic rings. The van der Waals surface area contributed by atoms with Gasteiger partial charge >= 0.3 is 6.03 Å². The molecule has 3 N–H and O–H groups in total. The normalized spacial score (nSPS) is 16.7. The Balaban J connectivity index is 1.72. The molecular weight excluding hydrogens is 302 g/mol. The predicted molar refractivity (Wildman–Crippen MR) is 98.2 cm³/mol. The number of hydrogen-bond acceptors (Lipinski definition) is 3. The Kier molecular flexibility index (Phi) is 7.37. The number of nitrogens with zero attached hydrogens (tertiary/aromatic N) is 1. The zero-order valence-corrected chi connectivity index (χ0v) is 14.9. The largest absolute Gasteiger partial charge is 0.396 e. The second-order valence-electron chi connectivity index (χ2n) is 7.02. The SMILES string of the molecule is CC1CCN(c2ccc(CNC(=O)NCC(C)CCO)cc2)CC1. The number of aliphatic hydroxyl groups is 1. The maximum atomic E-state index is 11.8. The topological polar surface area (TPSA) is 64.6 Å². The summed E-state index contributed by atoms with van der Waals surface area (Å²) in [6, 6.07) is 8.31. The molecule has 5 heteroatoms. The molecule has 1 aromatic rings. The van der Waals surface area contributed by atoms with Crippen molar-refractivity contribution in [1.29, 1.82) is 0 Å². The van der Waals surface area contributed by atoms with Crippen LogP contribution >= 0.6 is 0 Å². The van der Waals surface area contributed by atoms with Crippen LogP contribution in [0.3, 0.4) is 0 Å². The van der Waals surface area contributed by atoms with Crippen LogP contribution < -0.4 is 15.5 Å². The second kappa shape index (κ2) is 9.52. The van der Waals surface area contributed by atoms with Crippen molar-refractivity contribution in [3.63, 3.8) is 0 Å². The van der Waals surface area contributed by atoms with Crippen molar-refractivity contribution < 1.29 is 9.90 Å². The number of aliphatic hydroxyl groups excluding tert-OH is 1. The molecule has 0 spiro atoms. The molecule has 1 saturated heterocycles. The molecule has 0 radical (unpaired) electrons. The molecule has 2 rings (SSSR count). The van der Waals surface area contributed by atoms with Crippen LogP contribution in [0.2, 0.25) is 0 Å². The van der Waals surface area contributed by atoms with Gasteiger partial charge in [-0.05, 0) is 48.8 Å². The molecule has 0 bridgehead atoms. The minimum atomic E-state index is -0.158. The zero-order valence-electron chi connectivity index (χ0n) is 14.9. The Labute approximate surface area is 145 Å². The Morgan fingerprint density at radius 2 is 1.92 bits per heavy atom. The Morgan fingerprint density at radius 1 is 1.25 bits per heavy atom. The van der Waals surface area contributed by atoms with Crippen molar-refractivity contribution in [3.05, 3.63) is 29.8 Å². The summed E-state index contributed by atoms with van der Waals surface area (Å²) in [5, 5.41) is 14.6. The molecule has 2 amide bonds. The van der Waals surface area contributed by atoms with Gasteiger partial charge in [0, 0.05) is 38.5 Å². The van der Waals surface area contributed by atoms with E-state index in [2.05, 4.69) is 46.7 Å². The van der Waals surface area contributed by atoms with Gasteiger partial charge in [-0.15, -0.1) is 0 Å². The molecule has 0 saturated carbocycles. The number of rotatable bonds is 7. The lowest BCUT2D eigenvalue weighted by atomic mass is 9.99. The van der Waals surface area contributed by atoms with Crippen molar-refractivity contribution in [2.24, 2.45) is 11.8 Å². The van der Waals surface area contributed by atoms with E-state index in [0.29, 0.717) is 19.5 Å². The average molecular weight is 333 g/mol. The number of amides is 2. The van der Waals surface area contributed by atoms with Gasteiger partial charge in [0.05, 0.1) is 0 Å². The number of anilines is 1. The Bertz CT molecular complexity index is 496. The van der Waals surface area contributed by atoms with Crippen molar-refractivity contribution >= 4 is 11.7 Å². The molecule has 5 nitrogen and oxygen atoms in total. The summed E-state index contributed by atoms with van der Waals surface area (Å²) >= 11 is 0. The predicted octanol–water partition coefficient (Wildman–Crippen LogP) is 2.74. The maximum absolute atomic E-state index is 11.8. The van der Waals surface area contributed by atoms with Gasteiger partial charge in [-0.1, -0.05) is 26.0 Å². The summed E-state index contributed by atoms with van der Waals surface area (Å²) in [6.07, 6.45) is 3.23. The number of urea groups is 1. The fourth-order valence-corrected chi connectivity index (χ4v) is 2.93. The number of piperidine rings is 1. The number of nitrogens with one attached hydrogen (secondary N) is 2. The van der Waals surface area contributed by atoms with Crippen molar-refractivity contribution in [1.82, 2.24) is 10.6 Å². The van der Waals surface area contributed by atoms with Gasteiger partial charge in [-0.3, -0.25) is 0 Å². The minimum Gasteiger partial charge on any atom is -0.396 e. The van der Waals surface area contributed by atoms with Gasteiger partial charge in [0.2, 0.25) is 0 Å². The molecule has 1 fully saturated rings. The van der Waals surface area contributed by atoms with Gasteiger partial charge in [-0.2, -0.15) is 0 Å². The maximum Gasteiger partial charge on any atom is 0.315 e. The van der Waals surface area contributed by atoms with E-state index in [1.165, 1.54) is 18.5 Å². The number of carbonyl (C=O) groups excluding carboxylic acids is 1. The van der Waals surface area contributed by atoms with Crippen LogP contribution in [0.1, 0.15) is 38.7 Å². The van der Waals surface area contributed by atoms with E-state index in [-0.39, 0.29) is 18.6 Å². The minimum absolute atomic E-state index is 0.158. The molecule has 1 atom stereocenters. The molecule has 1 aromatic carbocycles. The van der Waals surface area contributed by atoms with E-state index in [4.69, 9.17) is 5.11 Å². The summed E-state index contributed by atoms with van der Waals surface area (Å²) in [6.45, 7) is 7.86. The molecule has 134 valence electrons. The Morgan fingerprint density at radius 3 is 2.54 bits per heavy atom. The highest BCUT2D eigenvalue weighted by molar-refractivity contribution is 5.73. The molecule has 24 heavy (non-hydrogen) atoms. The molecule has 1 aliphatic heterocycles. The smallest absolute Gasteiger partial charge is 0.315 e. The first-order chi connectivity index (χ1) is 11.6. The van der Waals surface area contributed by atoms with E-state index in [0.717, 1.165) is 24.6 Å². The number of benzene rings is 1. The monoisotopic (exact) mass is 333 g/mol. The zero-order chi connectivity index (χ0) is 17.4. The third kappa shape index (κ3) is 6.04. The summed E-state index contributed by atoms with van der Waals surface area (Å²) in [5.41, 5.74) is 2.37. The van der Waals surface area contributed by atoms with Gasteiger partial charge in [0.25, 0.3) is 0 Å². The quantitative estimate of drug-likeness (QED) is 0.719. The van der Waals surface area contributed by atoms with Crippen molar-refractivity contribution in [2.45, 2.75) is 39.7 Å². The molecule has 1 heterocycles. The van der Waals surface area contributed by atoms with Crippen LogP contribution in [0.4, 0.5) is 10.5 Å². The highest BCUT2D eigenvalue weighted by atomic mass is 16.3. The van der Waals surface area contributed by atoms with Crippen LogP contribution in [-0.2, 0) is 6.54 Å². The fraction of sp³-hybridized carbons (Fsp3) is 0.632. The lowest BCUT2D eigenvalue weighted by molar-refractivity contribution is 0.233. The molecule has 0 aliphatic carbocycles. The van der Waals surface area contributed by atoms with Gasteiger partial charge in [0.15, 0.2) is 0 Å². The van der Waals surface area contributed by atoms with Crippen molar-refractivity contribution in [3.8, 4) is 0 Å². The third-order valence-electron chi connectivity index (χ3n) is 4.77. The Hall–Kier alpha value is -1.75. The van der Waals surface area contributed by atoms with Gasteiger partial charge in [-0.25, -0.2) is 4.79 Å². The average Bonchev–Trinajstić information content (AvgIpc) is 2.59. The van der Waals surface area contributed by atoms with Crippen LogP contribution in [0.25, 0.3) is 0 Å². The lowest BCUT2D eigenvalue weighted by Gasteiger charge is -2.32. The van der Waals surface area contributed by atoms with Crippen molar-refractivity contribution in [2.75, 3.05) is 31.1 Å². The first kappa shape index (κ1) is 18.6. The van der Waals surface area contributed by atoms with Crippen LogP contribution in [0.15, 0.2) is 24.3 Å². The summed E-state index contributed by atoms with van der Waals surface area (Å²) in [5.74, 6) is 1.12. The summed E-state index contributed by atoms with van der Waals surface area (Å²) < 4.78 is 0. The van der Waals surface area contributed by atoms with Gasteiger partial charge < -0.3 is 20.6 Å². The van der Waals surface area contributed by atoms with E-state index in [1.807, 2.05) is 6.92 Å². The third-order valence-corrected chi connectivity index (χ3v) is 4.77. The second-order valence-corrected chi connectivity index (χ2v) is 7.02. The van der Waals surface area contributed by atoms with Crippen LogP contribution in [0, 0.1) is 11.8 Å². The highest BCUT2D eigenvalue weighted by Crippen LogP contribution is 2.23. The molecule has 0 aromatic heterocycles. The number of hydrogen-bond donors (Lipinski definition) is 3. The number of carbonyl (C=O) groups is 1. The van der Waals surface area contributed by atoms with Crippen LogP contribution in [0.5, 0.6) is 0 Å².